The maximum Gasteiger partial charge on any atom is 0.339 e. The number of hydrogen-bond donors (Lipinski definition) is 0. The van der Waals surface area contributed by atoms with Crippen molar-refractivity contribution < 1.29 is 31.7 Å². The minimum absolute atomic E-state index is 0.0130. The van der Waals surface area contributed by atoms with Crippen LogP contribution < -0.4 is 4.18 Å². The first-order valence-corrected chi connectivity index (χ1v) is 12.3. The molecule has 1 aliphatic rings. The van der Waals surface area contributed by atoms with Gasteiger partial charge in [0.2, 0.25) is 0 Å². The van der Waals surface area contributed by atoms with Crippen LogP contribution in [0.4, 0.5) is 4.79 Å². The Labute approximate surface area is 204 Å². The summed E-state index contributed by atoms with van der Waals surface area (Å²) in [6, 6.07) is 15.7. The molecule has 0 spiro atoms. The number of hydrogen-bond acceptors (Lipinski definition) is 8. The van der Waals surface area contributed by atoms with Crippen LogP contribution >= 0.6 is 23.4 Å². The van der Waals surface area contributed by atoms with E-state index in [-0.39, 0.29) is 15.6 Å². The zero-order valence-electron chi connectivity index (χ0n) is 17.6. The number of ether oxygens (including phenoxy) is 1. The molecule has 1 aliphatic heterocycles. The van der Waals surface area contributed by atoms with E-state index in [0.717, 1.165) is 17.4 Å². The molecule has 1 heterocycles. The third-order valence-corrected chi connectivity index (χ3v) is 7.30. The Morgan fingerprint density at radius 2 is 1.76 bits per heavy atom. The Kier molecular flexibility index (Phi) is 6.65. The highest BCUT2D eigenvalue weighted by Crippen LogP contribution is 2.37. The van der Waals surface area contributed by atoms with Gasteiger partial charge < -0.3 is 8.92 Å². The highest BCUT2D eigenvalue weighted by atomic mass is 35.5. The first-order valence-electron chi connectivity index (χ1n) is 9.73. The van der Waals surface area contributed by atoms with Crippen molar-refractivity contribution in [2.45, 2.75) is 4.90 Å². The maximum absolute atomic E-state index is 12.9. The number of fused-ring (bicyclic) bond motifs is 1. The lowest BCUT2D eigenvalue weighted by molar-refractivity contribution is -0.143. The number of thioether (sulfide) groups is 1. The van der Waals surface area contributed by atoms with Crippen LogP contribution in [-0.2, 0) is 24.4 Å². The Morgan fingerprint density at radius 1 is 1.06 bits per heavy atom. The highest BCUT2D eigenvalue weighted by Gasteiger charge is 2.37. The molecule has 0 unspecified atom stereocenters. The number of imide groups is 1. The van der Waals surface area contributed by atoms with Crippen LogP contribution in [-0.4, -0.2) is 44.1 Å². The molecule has 2 amide bonds. The third-order valence-electron chi connectivity index (χ3n) is 4.90. The normalized spacial score (nSPS) is 15.2. The van der Waals surface area contributed by atoms with Crippen LogP contribution in [0.2, 0.25) is 5.02 Å². The number of carbonyl (C=O) groups is 3. The van der Waals surface area contributed by atoms with E-state index in [2.05, 4.69) is 4.74 Å². The number of amides is 2. The van der Waals surface area contributed by atoms with Gasteiger partial charge in [-0.25, -0.2) is 0 Å². The first-order chi connectivity index (χ1) is 16.2. The maximum atomic E-state index is 12.9. The number of halogens is 1. The van der Waals surface area contributed by atoms with Gasteiger partial charge in [0.15, 0.2) is 5.75 Å². The molecular formula is C23H16ClNO7S2. The Morgan fingerprint density at radius 3 is 2.47 bits per heavy atom. The molecule has 3 aromatic carbocycles. The largest absolute Gasteiger partial charge is 0.468 e. The Balaban J connectivity index is 1.78. The van der Waals surface area contributed by atoms with Crippen LogP contribution in [0.5, 0.6) is 5.75 Å². The zero-order chi connectivity index (χ0) is 24.5. The van der Waals surface area contributed by atoms with Crippen molar-refractivity contribution in [3.63, 3.8) is 0 Å². The predicted octanol–water partition coefficient (Wildman–Crippen LogP) is 4.47. The number of rotatable bonds is 6. The van der Waals surface area contributed by atoms with E-state index in [1.807, 2.05) is 6.07 Å². The second kappa shape index (κ2) is 9.49. The number of esters is 1. The second-order valence-corrected chi connectivity index (χ2v) is 10.0. The quantitative estimate of drug-likeness (QED) is 0.268. The van der Waals surface area contributed by atoms with E-state index in [0.29, 0.717) is 27.7 Å². The zero-order valence-corrected chi connectivity index (χ0v) is 19.9. The fraction of sp³-hybridized carbons (Fsp3) is 0.0870. The fourth-order valence-electron chi connectivity index (χ4n) is 3.23. The lowest BCUT2D eigenvalue weighted by atomic mass is 10.0. The van der Waals surface area contributed by atoms with Gasteiger partial charge in [-0.2, -0.15) is 8.42 Å². The monoisotopic (exact) mass is 517 g/mol. The lowest BCUT2D eigenvalue weighted by Gasteiger charge is -2.13. The summed E-state index contributed by atoms with van der Waals surface area (Å²) in [4.78, 5) is 37.3. The average molecular weight is 518 g/mol. The summed E-state index contributed by atoms with van der Waals surface area (Å²) in [5, 5.41) is 1.09. The molecule has 0 saturated carbocycles. The molecular weight excluding hydrogens is 502 g/mol. The molecule has 174 valence electrons. The smallest absolute Gasteiger partial charge is 0.339 e. The van der Waals surface area contributed by atoms with Gasteiger partial charge in [-0.3, -0.25) is 19.3 Å². The van der Waals surface area contributed by atoms with Gasteiger partial charge in [0.05, 0.1) is 12.0 Å². The summed E-state index contributed by atoms with van der Waals surface area (Å²) in [5.74, 6) is -1.47. The summed E-state index contributed by atoms with van der Waals surface area (Å²) in [6.07, 6.45) is 1.39. The van der Waals surface area contributed by atoms with Crippen LogP contribution in [0.25, 0.3) is 16.8 Å². The van der Waals surface area contributed by atoms with E-state index < -0.39 is 33.8 Å². The van der Waals surface area contributed by atoms with Gasteiger partial charge in [-0.05, 0) is 58.9 Å². The molecule has 34 heavy (non-hydrogen) atoms. The predicted molar refractivity (Wildman–Crippen MR) is 128 cm³/mol. The highest BCUT2D eigenvalue weighted by molar-refractivity contribution is 8.18. The molecule has 8 nitrogen and oxygen atoms in total. The minimum Gasteiger partial charge on any atom is -0.468 e. The van der Waals surface area contributed by atoms with Gasteiger partial charge in [0.1, 0.15) is 11.4 Å². The molecule has 0 N–H and O–H groups in total. The molecule has 3 aromatic rings. The molecule has 0 aliphatic carbocycles. The third kappa shape index (κ3) is 4.79. The molecule has 11 heteroatoms. The van der Waals surface area contributed by atoms with Crippen LogP contribution in [0.3, 0.4) is 0 Å². The number of methoxy groups -OCH3 is 1. The van der Waals surface area contributed by atoms with Gasteiger partial charge in [0, 0.05) is 10.6 Å². The van der Waals surface area contributed by atoms with Crippen molar-refractivity contribution in [1.29, 1.82) is 0 Å². The molecule has 0 radical (unpaired) electrons. The number of benzene rings is 3. The summed E-state index contributed by atoms with van der Waals surface area (Å²) in [7, 11) is -3.08. The van der Waals surface area contributed by atoms with E-state index >= 15 is 0 Å². The van der Waals surface area contributed by atoms with Gasteiger partial charge in [0.25, 0.3) is 11.1 Å². The SMILES string of the molecule is COC(=O)CN1C(=O)S/C(=C\c2c(OS(=O)(=O)c3ccc(Cl)cc3)ccc3ccccc23)C1=O. The standard InChI is InChI=1S/C23H16ClNO7S2/c1-31-21(26)13-25-22(27)20(33-23(25)28)12-18-17-5-3-2-4-14(17)6-11-19(18)32-34(29,30)16-9-7-15(24)8-10-16/h2-12H,13H2,1H3/b20-12-. The van der Waals surface area contributed by atoms with Crippen molar-refractivity contribution in [1.82, 2.24) is 4.90 Å². The van der Waals surface area contributed by atoms with E-state index in [9.17, 15) is 22.8 Å². The van der Waals surface area contributed by atoms with Crippen molar-refractivity contribution in [2.24, 2.45) is 0 Å². The van der Waals surface area contributed by atoms with Crippen molar-refractivity contribution in [3.8, 4) is 5.75 Å². The van der Waals surface area contributed by atoms with Gasteiger partial charge in [-0.15, -0.1) is 0 Å². The van der Waals surface area contributed by atoms with Crippen molar-refractivity contribution in [2.75, 3.05) is 13.7 Å². The van der Waals surface area contributed by atoms with E-state index in [4.69, 9.17) is 15.8 Å². The molecule has 0 bridgehead atoms. The number of nitrogens with zero attached hydrogens (tertiary/aromatic N) is 1. The molecule has 0 aromatic heterocycles. The van der Waals surface area contributed by atoms with Crippen molar-refractivity contribution >= 4 is 67.4 Å². The van der Waals surface area contributed by atoms with Crippen LogP contribution in [0.1, 0.15) is 5.56 Å². The Bertz CT molecular complexity index is 1450. The summed E-state index contributed by atoms with van der Waals surface area (Å²) >= 11 is 6.48. The molecule has 1 fully saturated rings. The van der Waals surface area contributed by atoms with Gasteiger partial charge in [-0.1, -0.05) is 41.9 Å². The number of carbonyl (C=O) groups excluding carboxylic acids is 3. The van der Waals surface area contributed by atoms with Crippen molar-refractivity contribution in [3.05, 3.63) is 76.2 Å². The molecule has 0 atom stereocenters. The summed E-state index contributed by atoms with van der Waals surface area (Å²) in [6.45, 7) is -0.525. The van der Waals surface area contributed by atoms with E-state index in [1.54, 1.807) is 24.3 Å². The average Bonchev–Trinajstić information content (AvgIpc) is 3.08. The van der Waals surface area contributed by atoms with Crippen LogP contribution in [0, 0.1) is 0 Å². The summed E-state index contributed by atoms with van der Waals surface area (Å²) < 4.78 is 35.8. The Hall–Kier alpha value is -3.34. The van der Waals surface area contributed by atoms with Gasteiger partial charge >= 0.3 is 16.1 Å². The summed E-state index contributed by atoms with van der Waals surface area (Å²) in [5.41, 5.74) is 0.291. The van der Waals surface area contributed by atoms with Crippen LogP contribution in [0.15, 0.2) is 70.5 Å². The molecule has 1 saturated heterocycles. The lowest BCUT2D eigenvalue weighted by Crippen LogP contribution is -2.34. The van der Waals surface area contributed by atoms with E-state index in [1.165, 1.54) is 36.4 Å². The minimum atomic E-state index is -4.23. The first kappa shape index (κ1) is 23.8. The fourth-order valence-corrected chi connectivity index (χ4v) is 5.12. The topological polar surface area (TPSA) is 107 Å². The molecule has 4 rings (SSSR count). The second-order valence-electron chi connectivity index (χ2n) is 7.03.